The Kier molecular flexibility index (Phi) is 3.96. The molecule has 0 N–H and O–H groups in total. The third-order valence-corrected chi connectivity index (χ3v) is 5.38. The molecule has 1 atom stereocenters. The highest BCUT2D eigenvalue weighted by molar-refractivity contribution is 7.88. The van der Waals surface area contributed by atoms with Crippen molar-refractivity contribution in [3.63, 3.8) is 0 Å². The van der Waals surface area contributed by atoms with Crippen molar-refractivity contribution in [2.24, 2.45) is 5.10 Å². The maximum Gasteiger partial charge on any atom is 0.247 e. The summed E-state index contributed by atoms with van der Waals surface area (Å²) in [4.78, 5) is 0. The molecule has 0 saturated heterocycles. The van der Waals surface area contributed by atoms with Crippen molar-refractivity contribution in [3.8, 4) is 0 Å². The van der Waals surface area contributed by atoms with E-state index in [1.807, 2.05) is 16.8 Å². The van der Waals surface area contributed by atoms with Crippen LogP contribution in [0.5, 0.6) is 0 Å². The predicted octanol–water partition coefficient (Wildman–Crippen LogP) is 3.65. The summed E-state index contributed by atoms with van der Waals surface area (Å²) >= 11 is 7.33. The van der Waals surface area contributed by atoms with Crippen LogP contribution in [0.1, 0.15) is 23.6 Å². The molecule has 2 aromatic rings. The van der Waals surface area contributed by atoms with Gasteiger partial charge < -0.3 is 0 Å². The summed E-state index contributed by atoms with van der Waals surface area (Å²) in [5.74, 6) is -0.534. The van der Waals surface area contributed by atoms with Gasteiger partial charge in [-0.25, -0.2) is 12.8 Å². The van der Waals surface area contributed by atoms with E-state index in [1.54, 1.807) is 0 Å². The largest absolute Gasteiger partial charge is 0.247 e. The van der Waals surface area contributed by atoms with Gasteiger partial charge in [0.25, 0.3) is 0 Å². The van der Waals surface area contributed by atoms with E-state index in [4.69, 9.17) is 11.6 Å². The molecule has 1 aromatic carbocycles. The third-order valence-electron chi connectivity index (χ3n) is 3.40. The number of hydrogen-bond acceptors (Lipinski definition) is 4. The lowest BCUT2D eigenvalue weighted by molar-refractivity contribution is 0.374. The fraction of sp³-hybridized carbons (Fsp3) is 0.214. The molecule has 4 nitrogen and oxygen atoms in total. The number of sulfonamides is 1. The predicted molar refractivity (Wildman–Crippen MR) is 86.3 cm³/mol. The topological polar surface area (TPSA) is 49.7 Å². The fourth-order valence-electron chi connectivity index (χ4n) is 2.37. The molecule has 0 aliphatic carbocycles. The van der Waals surface area contributed by atoms with Crippen molar-refractivity contribution >= 4 is 38.7 Å². The van der Waals surface area contributed by atoms with Crippen molar-refractivity contribution in [1.29, 1.82) is 0 Å². The van der Waals surface area contributed by atoms with Crippen LogP contribution in [0, 0.1) is 5.82 Å². The van der Waals surface area contributed by atoms with E-state index in [0.29, 0.717) is 17.7 Å². The SMILES string of the molecule is CS(=O)(=O)N1N=C(c2ccsc2)C[C@H]1c1ccc(F)c(Cl)c1. The van der Waals surface area contributed by atoms with Gasteiger partial charge in [0.05, 0.1) is 23.0 Å². The standard InChI is InChI=1S/C14H12ClFN2O2S2/c1-22(19,20)18-14(9-2-3-12(16)11(15)6-9)7-13(17-18)10-4-5-21-8-10/h2-6,8,14H,7H2,1H3/t14-/m0/s1. The van der Waals surface area contributed by atoms with Crippen molar-refractivity contribution in [1.82, 2.24) is 4.41 Å². The summed E-state index contributed by atoms with van der Waals surface area (Å²) in [6.45, 7) is 0. The number of rotatable bonds is 3. The van der Waals surface area contributed by atoms with Crippen LogP contribution in [0.2, 0.25) is 5.02 Å². The molecule has 0 spiro atoms. The highest BCUT2D eigenvalue weighted by Crippen LogP contribution is 2.36. The fourth-order valence-corrected chi connectivity index (χ4v) is 4.12. The molecule has 0 unspecified atom stereocenters. The molecule has 0 radical (unpaired) electrons. The zero-order valence-electron chi connectivity index (χ0n) is 11.5. The Morgan fingerprint density at radius 2 is 2.18 bits per heavy atom. The molecular weight excluding hydrogens is 347 g/mol. The van der Waals surface area contributed by atoms with Gasteiger partial charge in [-0.05, 0) is 34.5 Å². The molecule has 8 heteroatoms. The van der Waals surface area contributed by atoms with E-state index in [0.717, 1.165) is 16.2 Å². The molecule has 1 aliphatic rings. The van der Waals surface area contributed by atoms with E-state index >= 15 is 0 Å². The second-order valence-corrected chi connectivity index (χ2v) is 8.02. The van der Waals surface area contributed by atoms with Gasteiger partial charge in [-0.2, -0.15) is 20.9 Å². The average molecular weight is 359 g/mol. The summed E-state index contributed by atoms with van der Waals surface area (Å²) in [5.41, 5.74) is 2.21. The lowest BCUT2D eigenvalue weighted by Crippen LogP contribution is -2.25. The molecule has 3 rings (SSSR count). The van der Waals surface area contributed by atoms with Crippen LogP contribution in [-0.4, -0.2) is 24.8 Å². The molecular formula is C14H12ClFN2O2S2. The minimum atomic E-state index is -3.53. The summed E-state index contributed by atoms with van der Waals surface area (Å²) in [5, 5.41) is 8.03. The number of halogens is 2. The number of thiophene rings is 1. The van der Waals surface area contributed by atoms with E-state index in [-0.39, 0.29) is 5.02 Å². The summed E-state index contributed by atoms with van der Waals surface area (Å²) in [7, 11) is -3.53. The van der Waals surface area contributed by atoms with Gasteiger partial charge in [-0.1, -0.05) is 17.7 Å². The van der Waals surface area contributed by atoms with Crippen molar-refractivity contribution in [2.45, 2.75) is 12.5 Å². The van der Waals surface area contributed by atoms with Crippen molar-refractivity contribution in [3.05, 3.63) is 57.0 Å². The molecule has 22 heavy (non-hydrogen) atoms. The molecule has 0 bridgehead atoms. The molecule has 0 amide bonds. The van der Waals surface area contributed by atoms with Gasteiger partial charge in [-0.15, -0.1) is 0 Å². The first-order valence-corrected chi connectivity index (χ1v) is 9.57. The van der Waals surface area contributed by atoms with E-state index in [2.05, 4.69) is 5.10 Å². The van der Waals surface area contributed by atoms with Gasteiger partial charge in [0.1, 0.15) is 5.82 Å². The number of benzene rings is 1. The van der Waals surface area contributed by atoms with Crippen LogP contribution in [0.15, 0.2) is 40.1 Å². The Bertz CT molecular complexity index is 835. The quantitative estimate of drug-likeness (QED) is 0.840. The minimum absolute atomic E-state index is 0.0325. The Morgan fingerprint density at radius 3 is 2.77 bits per heavy atom. The first-order chi connectivity index (χ1) is 10.4. The van der Waals surface area contributed by atoms with E-state index in [9.17, 15) is 12.8 Å². The van der Waals surface area contributed by atoms with Crippen LogP contribution < -0.4 is 0 Å². The van der Waals surface area contributed by atoms with Crippen LogP contribution in [0.4, 0.5) is 4.39 Å². The Balaban J connectivity index is 2.02. The molecule has 0 saturated carbocycles. The van der Waals surface area contributed by atoms with Gasteiger partial charge >= 0.3 is 0 Å². The van der Waals surface area contributed by atoms with Crippen LogP contribution >= 0.6 is 22.9 Å². The van der Waals surface area contributed by atoms with E-state index < -0.39 is 21.9 Å². The molecule has 0 fully saturated rings. The van der Waals surface area contributed by atoms with Crippen molar-refractivity contribution < 1.29 is 12.8 Å². The zero-order valence-corrected chi connectivity index (χ0v) is 13.9. The maximum absolute atomic E-state index is 13.3. The normalized spacial score (nSPS) is 18.6. The number of nitrogens with zero attached hydrogens (tertiary/aromatic N) is 2. The van der Waals surface area contributed by atoms with Gasteiger partial charge in [0.15, 0.2) is 0 Å². The van der Waals surface area contributed by atoms with Crippen LogP contribution in [0.3, 0.4) is 0 Å². The second kappa shape index (κ2) is 5.64. The lowest BCUT2D eigenvalue weighted by Gasteiger charge is -2.21. The molecule has 1 aliphatic heterocycles. The number of hydrazone groups is 1. The minimum Gasteiger partial charge on any atom is -0.205 e. The molecule has 2 heterocycles. The highest BCUT2D eigenvalue weighted by atomic mass is 35.5. The summed E-state index contributed by atoms with van der Waals surface area (Å²) in [6, 6.07) is 5.61. The number of hydrogen-bond donors (Lipinski definition) is 0. The van der Waals surface area contributed by atoms with Gasteiger partial charge in [0, 0.05) is 12.0 Å². The smallest absolute Gasteiger partial charge is 0.205 e. The molecule has 1 aromatic heterocycles. The average Bonchev–Trinajstić information content (AvgIpc) is 3.08. The summed E-state index contributed by atoms with van der Waals surface area (Å²) < 4.78 is 38.4. The first kappa shape index (κ1) is 15.5. The lowest BCUT2D eigenvalue weighted by atomic mass is 10.0. The maximum atomic E-state index is 13.3. The van der Waals surface area contributed by atoms with Crippen molar-refractivity contribution in [2.75, 3.05) is 6.26 Å². The Labute approximate surface area is 136 Å². The van der Waals surface area contributed by atoms with Gasteiger partial charge in [-0.3, -0.25) is 0 Å². The summed E-state index contributed by atoms with van der Waals surface area (Å²) in [6.07, 6.45) is 1.52. The molecule has 116 valence electrons. The zero-order chi connectivity index (χ0) is 15.9. The second-order valence-electron chi connectivity index (χ2n) is 4.99. The van der Waals surface area contributed by atoms with E-state index in [1.165, 1.54) is 29.5 Å². The first-order valence-electron chi connectivity index (χ1n) is 6.40. The highest BCUT2D eigenvalue weighted by Gasteiger charge is 2.34. The monoisotopic (exact) mass is 358 g/mol. The Morgan fingerprint density at radius 1 is 1.41 bits per heavy atom. The van der Waals surface area contributed by atoms with Gasteiger partial charge in [0.2, 0.25) is 10.0 Å². The van der Waals surface area contributed by atoms with Crippen LogP contribution in [-0.2, 0) is 10.0 Å². The third kappa shape index (κ3) is 2.88. The Hall–Kier alpha value is -1.44. The van der Waals surface area contributed by atoms with Crippen LogP contribution in [0.25, 0.3) is 0 Å².